The van der Waals surface area contributed by atoms with Gasteiger partial charge in [0.15, 0.2) is 0 Å². The number of allylic oxidation sites excluding steroid dienone is 3. The molecule has 1 amide bonds. The summed E-state index contributed by atoms with van der Waals surface area (Å²) in [6, 6.07) is 13.5. The SMILES string of the molecule is C/C=C/C=C/CNC(=O)c1cncc(Cc2ccc3nc(C#N)ccc3c2)c1. The van der Waals surface area contributed by atoms with Crippen LogP contribution in [0.25, 0.3) is 10.9 Å². The van der Waals surface area contributed by atoms with E-state index < -0.39 is 0 Å². The Hall–Kier alpha value is -3.78. The minimum absolute atomic E-state index is 0.147. The van der Waals surface area contributed by atoms with Crippen molar-refractivity contribution >= 4 is 16.8 Å². The molecular weight excluding hydrogens is 348 g/mol. The van der Waals surface area contributed by atoms with Crippen LogP contribution in [0.15, 0.2) is 73.1 Å². The van der Waals surface area contributed by atoms with Crippen LogP contribution >= 0.6 is 0 Å². The predicted molar refractivity (Wildman–Crippen MR) is 110 cm³/mol. The molecule has 1 aromatic carbocycles. The van der Waals surface area contributed by atoms with Crippen LogP contribution in [0.2, 0.25) is 0 Å². The second kappa shape index (κ2) is 9.24. The van der Waals surface area contributed by atoms with Gasteiger partial charge in [-0.05, 0) is 54.8 Å². The molecule has 2 heterocycles. The molecule has 0 aliphatic heterocycles. The Bertz CT molecular complexity index is 1090. The molecule has 5 nitrogen and oxygen atoms in total. The number of pyridine rings is 2. The summed E-state index contributed by atoms with van der Waals surface area (Å²) in [6.07, 6.45) is 11.6. The Kier molecular flexibility index (Phi) is 6.27. The van der Waals surface area contributed by atoms with Gasteiger partial charge in [0.1, 0.15) is 11.8 Å². The van der Waals surface area contributed by atoms with E-state index in [1.54, 1.807) is 18.5 Å². The molecule has 2 aromatic heterocycles. The molecule has 1 N–H and O–H groups in total. The molecule has 0 spiro atoms. The normalized spacial score (nSPS) is 11.1. The number of aromatic nitrogens is 2. The number of hydrogen-bond acceptors (Lipinski definition) is 4. The fourth-order valence-corrected chi connectivity index (χ4v) is 2.80. The molecule has 138 valence electrons. The van der Waals surface area contributed by atoms with E-state index in [1.165, 1.54) is 0 Å². The van der Waals surface area contributed by atoms with Crippen molar-refractivity contribution in [2.75, 3.05) is 6.54 Å². The molecule has 0 unspecified atom stereocenters. The Balaban J connectivity index is 1.71. The molecule has 3 rings (SSSR count). The number of nitriles is 1. The van der Waals surface area contributed by atoms with Gasteiger partial charge in [0.2, 0.25) is 0 Å². The molecule has 5 heteroatoms. The average Bonchev–Trinajstić information content (AvgIpc) is 2.73. The monoisotopic (exact) mass is 368 g/mol. The van der Waals surface area contributed by atoms with Gasteiger partial charge in [-0.15, -0.1) is 0 Å². The molecule has 0 aliphatic rings. The summed E-state index contributed by atoms with van der Waals surface area (Å²) >= 11 is 0. The lowest BCUT2D eigenvalue weighted by molar-refractivity contribution is 0.0957. The van der Waals surface area contributed by atoms with Gasteiger partial charge in [0, 0.05) is 24.3 Å². The number of hydrogen-bond donors (Lipinski definition) is 1. The van der Waals surface area contributed by atoms with Crippen molar-refractivity contribution in [1.29, 1.82) is 5.26 Å². The summed E-state index contributed by atoms with van der Waals surface area (Å²) in [6.45, 7) is 2.41. The standard InChI is InChI=1S/C23H20N4O/c1-2-3-4-5-10-26-23(28)20-13-18(15-25-16-20)11-17-6-9-22-19(12-17)7-8-21(14-24)27-22/h2-9,12-13,15-16H,10-11H2,1H3,(H,26,28)/b3-2+,5-4+. The van der Waals surface area contributed by atoms with Gasteiger partial charge >= 0.3 is 0 Å². The van der Waals surface area contributed by atoms with Crippen LogP contribution < -0.4 is 5.32 Å². The van der Waals surface area contributed by atoms with Crippen molar-refractivity contribution in [3.8, 4) is 6.07 Å². The summed E-state index contributed by atoms with van der Waals surface area (Å²) < 4.78 is 0. The van der Waals surface area contributed by atoms with Crippen LogP contribution in [0.1, 0.15) is 34.1 Å². The highest BCUT2D eigenvalue weighted by atomic mass is 16.1. The summed E-state index contributed by atoms with van der Waals surface area (Å²) in [5.41, 5.74) is 3.78. The molecule has 0 radical (unpaired) electrons. The quantitative estimate of drug-likeness (QED) is 0.668. The van der Waals surface area contributed by atoms with E-state index in [1.807, 2.05) is 61.6 Å². The van der Waals surface area contributed by atoms with Crippen molar-refractivity contribution in [3.63, 3.8) is 0 Å². The Morgan fingerprint density at radius 1 is 1.14 bits per heavy atom. The Morgan fingerprint density at radius 3 is 2.86 bits per heavy atom. The van der Waals surface area contributed by atoms with E-state index in [-0.39, 0.29) is 5.91 Å². The first-order valence-electron chi connectivity index (χ1n) is 8.99. The van der Waals surface area contributed by atoms with Crippen LogP contribution in [0.3, 0.4) is 0 Å². The van der Waals surface area contributed by atoms with Crippen LogP contribution in [0, 0.1) is 11.3 Å². The van der Waals surface area contributed by atoms with E-state index in [2.05, 4.69) is 21.4 Å². The fourth-order valence-electron chi connectivity index (χ4n) is 2.80. The zero-order valence-electron chi connectivity index (χ0n) is 15.6. The molecule has 0 aliphatic carbocycles. The van der Waals surface area contributed by atoms with Crippen LogP contribution in [0.5, 0.6) is 0 Å². The highest BCUT2D eigenvalue weighted by Crippen LogP contribution is 2.17. The van der Waals surface area contributed by atoms with Crippen molar-refractivity contribution in [2.24, 2.45) is 0 Å². The Morgan fingerprint density at radius 2 is 2.04 bits per heavy atom. The third-order valence-electron chi connectivity index (χ3n) is 4.15. The lowest BCUT2D eigenvalue weighted by Crippen LogP contribution is -2.23. The first-order chi connectivity index (χ1) is 13.7. The molecule has 0 saturated carbocycles. The number of benzene rings is 1. The summed E-state index contributed by atoms with van der Waals surface area (Å²) in [5.74, 6) is -0.147. The maximum Gasteiger partial charge on any atom is 0.253 e. The second-order valence-corrected chi connectivity index (χ2v) is 6.26. The smallest absolute Gasteiger partial charge is 0.253 e. The minimum Gasteiger partial charge on any atom is -0.349 e. The van der Waals surface area contributed by atoms with Gasteiger partial charge in [-0.3, -0.25) is 9.78 Å². The zero-order valence-corrected chi connectivity index (χ0v) is 15.6. The molecule has 0 bridgehead atoms. The number of fused-ring (bicyclic) bond motifs is 1. The van der Waals surface area contributed by atoms with Gasteiger partial charge in [0.05, 0.1) is 11.1 Å². The average molecular weight is 368 g/mol. The first kappa shape index (κ1) is 19.0. The van der Waals surface area contributed by atoms with Crippen molar-refractivity contribution in [1.82, 2.24) is 15.3 Å². The molecule has 3 aromatic rings. The van der Waals surface area contributed by atoms with E-state index in [4.69, 9.17) is 5.26 Å². The predicted octanol–water partition coefficient (Wildman–Crippen LogP) is 3.95. The van der Waals surface area contributed by atoms with Crippen LogP contribution in [-0.2, 0) is 6.42 Å². The largest absolute Gasteiger partial charge is 0.349 e. The summed E-state index contributed by atoms with van der Waals surface area (Å²) in [7, 11) is 0. The number of rotatable bonds is 6. The van der Waals surface area contributed by atoms with Gasteiger partial charge in [0.25, 0.3) is 5.91 Å². The maximum absolute atomic E-state index is 12.3. The zero-order chi connectivity index (χ0) is 19.8. The first-order valence-corrected chi connectivity index (χ1v) is 8.99. The van der Waals surface area contributed by atoms with Crippen LogP contribution in [-0.4, -0.2) is 22.4 Å². The number of nitrogens with zero attached hydrogens (tertiary/aromatic N) is 3. The second-order valence-electron chi connectivity index (χ2n) is 6.26. The number of amides is 1. The third kappa shape index (κ3) is 4.89. The molecular formula is C23H20N4O. The van der Waals surface area contributed by atoms with Gasteiger partial charge in [-0.2, -0.15) is 5.26 Å². The minimum atomic E-state index is -0.147. The van der Waals surface area contributed by atoms with E-state index in [0.717, 1.165) is 22.0 Å². The number of carbonyl (C=O) groups is 1. The molecule has 0 saturated heterocycles. The van der Waals surface area contributed by atoms with E-state index in [9.17, 15) is 4.79 Å². The molecule has 28 heavy (non-hydrogen) atoms. The van der Waals surface area contributed by atoms with Crippen molar-refractivity contribution < 1.29 is 4.79 Å². The topological polar surface area (TPSA) is 78.7 Å². The maximum atomic E-state index is 12.3. The van der Waals surface area contributed by atoms with E-state index in [0.29, 0.717) is 24.2 Å². The fraction of sp³-hybridized carbons (Fsp3) is 0.130. The summed E-state index contributed by atoms with van der Waals surface area (Å²) in [4.78, 5) is 20.8. The number of nitrogens with one attached hydrogen (secondary N) is 1. The van der Waals surface area contributed by atoms with Crippen molar-refractivity contribution in [3.05, 3.63) is 95.5 Å². The van der Waals surface area contributed by atoms with E-state index >= 15 is 0 Å². The third-order valence-corrected chi connectivity index (χ3v) is 4.15. The number of carbonyl (C=O) groups excluding carboxylic acids is 1. The highest BCUT2D eigenvalue weighted by molar-refractivity contribution is 5.94. The molecule has 0 atom stereocenters. The van der Waals surface area contributed by atoms with Crippen LogP contribution in [0.4, 0.5) is 0 Å². The van der Waals surface area contributed by atoms with Gasteiger partial charge < -0.3 is 5.32 Å². The van der Waals surface area contributed by atoms with Crippen molar-refractivity contribution in [2.45, 2.75) is 13.3 Å². The Labute approximate surface area is 164 Å². The highest BCUT2D eigenvalue weighted by Gasteiger charge is 2.07. The van der Waals surface area contributed by atoms with Gasteiger partial charge in [-0.1, -0.05) is 30.4 Å². The van der Waals surface area contributed by atoms with Gasteiger partial charge in [-0.25, -0.2) is 4.98 Å². The summed E-state index contributed by atoms with van der Waals surface area (Å²) in [5, 5.41) is 12.8. The lowest BCUT2D eigenvalue weighted by Gasteiger charge is -2.07. The lowest BCUT2D eigenvalue weighted by atomic mass is 10.0. The molecule has 0 fully saturated rings.